The summed E-state index contributed by atoms with van der Waals surface area (Å²) in [5, 5.41) is 24.8. The maximum atomic E-state index is 13.9. The number of nitrogens with zero attached hydrogens (tertiary/aromatic N) is 6. The van der Waals surface area contributed by atoms with Crippen LogP contribution in [0.5, 0.6) is 0 Å². The average Bonchev–Trinajstić information content (AvgIpc) is 3.31. The summed E-state index contributed by atoms with van der Waals surface area (Å²) in [6, 6.07) is 11.0. The van der Waals surface area contributed by atoms with Crippen molar-refractivity contribution in [1.82, 2.24) is 25.0 Å². The summed E-state index contributed by atoms with van der Waals surface area (Å²) in [6.45, 7) is 4.77. The van der Waals surface area contributed by atoms with Crippen molar-refractivity contribution in [3.8, 4) is 5.82 Å². The zero-order chi connectivity index (χ0) is 24.4. The van der Waals surface area contributed by atoms with E-state index in [2.05, 4.69) is 38.1 Å². The number of hydrogen-bond donors (Lipinski definition) is 2. The third kappa shape index (κ3) is 3.31. The molecule has 4 aromatic rings. The molecule has 5 heterocycles. The second-order valence-electron chi connectivity index (χ2n) is 10.1. The molecule has 0 bridgehead atoms. The molecule has 4 atom stereocenters. The molecule has 2 N–H and O–H groups in total. The normalized spacial score (nSPS) is 27.9. The van der Waals surface area contributed by atoms with Crippen LogP contribution in [-0.4, -0.2) is 68.5 Å². The van der Waals surface area contributed by atoms with Crippen molar-refractivity contribution < 1.29 is 14.2 Å². The fraction of sp³-hybridized carbons (Fsp3) is 0.423. The highest BCUT2D eigenvalue weighted by atomic mass is 19.1. The molecule has 186 valence electrons. The fourth-order valence-corrected chi connectivity index (χ4v) is 6.09. The smallest absolute Gasteiger partial charge is 0.167 e. The number of rotatable bonds is 4. The van der Waals surface area contributed by atoms with Gasteiger partial charge in [-0.05, 0) is 44.0 Å². The van der Waals surface area contributed by atoms with Crippen LogP contribution in [0.3, 0.4) is 0 Å². The Kier molecular flexibility index (Phi) is 4.84. The molecule has 2 unspecified atom stereocenters. The summed E-state index contributed by atoms with van der Waals surface area (Å²) >= 11 is 0. The lowest BCUT2D eigenvalue weighted by Gasteiger charge is -2.40. The minimum atomic E-state index is -1.03. The van der Waals surface area contributed by atoms with Crippen molar-refractivity contribution in [2.45, 2.75) is 37.5 Å². The molecule has 0 spiro atoms. The van der Waals surface area contributed by atoms with Crippen LogP contribution in [0.15, 0.2) is 48.8 Å². The van der Waals surface area contributed by atoms with Crippen LogP contribution >= 0.6 is 0 Å². The number of aliphatic hydroxyl groups is 1. The third-order valence-corrected chi connectivity index (χ3v) is 8.01. The predicted molar refractivity (Wildman–Crippen MR) is 133 cm³/mol. The number of aromatic nitrogens is 5. The molecular formula is C26H28FN7O2. The fourth-order valence-electron chi connectivity index (χ4n) is 6.09. The summed E-state index contributed by atoms with van der Waals surface area (Å²) < 4.78 is 21.3. The Bertz CT molecular complexity index is 1420. The first-order chi connectivity index (χ1) is 17.5. The number of pyridine rings is 1. The van der Waals surface area contributed by atoms with E-state index in [9.17, 15) is 9.50 Å². The lowest BCUT2D eigenvalue weighted by atomic mass is 9.82. The molecule has 3 aliphatic rings. The highest BCUT2D eigenvalue weighted by Gasteiger charge is 2.59. The lowest BCUT2D eigenvalue weighted by molar-refractivity contribution is -0.00318. The summed E-state index contributed by atoms with van der Waals surface area (Å²) in [5.74, 6) is 1.34. The van der Waals surface area contributed by atoms with Gasteiger partial charge in [0.05, 0.1) is 37.3 Å². The SMILES string of the molecule is C[C@@H]1COCCN1c1cc([C@@]2(O)CCN(c3cccc(F)c3)C3CC32)c2cnn(-c3ccn[nH]3)c2n1. The van der Waals surface area contributed by atoms with Gasteiger partial charge in [-0.15, -0.1) is 0 Å². The monoisotopic (exact) mass is 489 g/mol. The maximum absolute atomic E-state index is 13.9. The van der Waals surface area contributed by atoms with Crippen LogP contribution in [0.1, 0.15) is 25.3 Å². The quantitative estimate of drug-likeness (QED) is 0.455. The van der Waals surface area contributed by atoms with Crippen LogP contribution < -0.4 is 9.80 Å². The summed E-state index contributed by atoms with van der Waals surface area (Å²) in [4.78, 5) is 9.50. The molecule has 9 nitrogen and oxygen atoms in total. The van der Waals surface area contributed by atoms with Crippen LogP contribution in [0.2, 0.25) is 0 Å². The number of anilines is 2. The molecule has 1 aliphatic carbocycles. The number of nitrogens with one attached hydrogen (secondary N) is 1. The van der Waals surface area contributed by atoms with E-state index in [1.807, 2.05) is 12.1 Å². The van der Waals surface area contributed by atoms with Crippen molar-refractivity contribution in [2.75, 3.05) is 36.1 Å². The van der Waals surface area contributed by atoms with Crippen LogP contribution in [0, 0.1) is 11.7 Å². The Labute approximate surface area is 207 Å². The standard InChI is InChI=1S/C26H28FN7O2/c1-16-15-36-10-9-32(16)24-13-20(19-14-29-34(25(19)30-24)23-5-7-28-31-23)26(35)6-8-33(22-12-21(22)26)18-4-2-3-17(27)11-18/h2-5,7,11,13-14,16,21-22,35H,6,8-10,12,15H2,1H3,(H,28,31)/t16-,21?,22?,26+/m1/s1. The summed E-state index contributed by atoms with van der Waals surface area (Å²) in [6.07, 6.45) is 4.87. The molecule has 0 amide bonds. The summed E-state index contributed by atoms with van der Waals surface area (Å²) in [7, 11) is 0. The molecule has 1 saturated carbocycles. The highest BCUT2D eigenvalue weighted by Crippen LogP contribution is 2.56. The highest BCUT2D eigenvalue weighted by molar-refractivity contribution is 5.83. The number of fused-ring (bicyclic) bond motifs is 2. The van der Waals surface area contributed by atoms with E-state index in [1.54, 1.807) is 29.2 Å². The van der Waals surface area contributed by atoms with Crippen LogP contribution in [0.25, 0.3) is 16.9 Å². The van der Waals surface area contributed by atoms with E-state index in [1.165, 1.54) is 6.07 Å². The van der Waals surface area contributed by atoms with Crippen molar-refractivity contribution >= 4 is 22.5 Å². The number of ether oxygens (including phenoxy) is 1. The topological polar surface area (TPSA) is 95.3 Å². The molecule has 0 radical (unpaired) electrons. The lowest BCUT2D eigenvalue weighted by Crippen LogP contribution is -2.45. The van der Waals surface area contributed by atoms with E-state index in [0.29, 0.717) is 37.6 Å². The van der Waals surface area contributed by atoms with E-state index in [4.69, 9.17) is 9.72 Å². The van der Waals surface area contributed by atoms with Gasteiger partial charge in [0.15, 0.2) is 11.5 Å². The van der Waals surface area contributed by atoms with Gasteiger partial charge in [0.25, 0.3) is 0 Å². The first-order valence-corrected chi connectivity index (χ1v) is 12.5. The van der Waals surface area contributed by atoms with Gasteiger partial charge < -0.3 is 19.6 Å². The number of hydrogen-bond acceptors (Lipinski definition) is 7. The number of morpholine rings is 1. The molecule has 36 heavy (non-hydrogen) atoms. The number of benzene rings is 1. The minimum Gasteiger partial charge on any atom is -0.385 e. The second kappa shape index (κ2) is 8.01. The van der Waals surface area contributed by atoms with E-state index in [0.717, 1.165) is 35.4 Å². The van der Waals surface area contributed by atoms with Gasteiger partial charge in [0, 0.05) is 47.8 Å². The van der Waals surface area contributed by atoms with E-state index < -0.39 is 5.60 Å². The third-order valence-electron chi connectivity index (χ3n) is 8.01. The Morgan fingerprint density at radius 1 is 1.19 bits per heavy atom. The van der Waals surface area contributed by atoms with Crippen molar-refractivity contribution in [2.24, 2.45) is 5.92 Å². The first kappa shape index (κ1) is 21.8. The van der Waals surface area contributed by atoms with Crippen LogP contribution in [0.4, 0.5) is 15.9 Å². The van der Waals surface area contributed by atoms with Crippen LogP contribution in [-0.2, 0) is 10.3 Å². The van der Waals surface area contributed by atoms with Crippen molar-refractivity contribution in [1.29, 1.82) is 0 Å². The zero-order valence-electron chi connectivity index (χ0n) is 20.0. The Balaban J connectivity index is 1.33. The second-order valence-corrected chi connectivity index (χ2v) is 10.1. The molecule has 7 rings (SSSR count). The molecule has 3 fully saturated rings. The van der Waals surface area contributed by atoms with Gasteiger partial charge in [-0.2, -0.15) is 14.9 Å². The molecule has 2 saturated heterocycles. The molecule has 2 aliphatic heterocycles. The minimum absolute atomic E-state index is 0.0468. The number of aromatic amines is 1. The van der Waals surface area contributed by atoms with E-state index in [-0.39, 0.29) is 23.8 Å². The number of halogens is 1. The zero-order valence-corrected chi connectivity index (χ0v) is 20.0. The van der Waals surface area contributed by atoms with Gasteiger partial charge in [-0.25, -0.2) is 9.37 Å². The van der Waals surface area contributed by atoms with Gasteiger partial charge in [-0.3, -0.25) is 5.10 Å². The van der Waals surface area contributed by atoms with E-state index >= 15 is 0 Å². The molecule has 10 heteroatoms. The Morgan fingerprint density at radius 2 is 2.11 bits per heavy atom. The summed E-state index contributed by atoms with van der Waals surface area (Å²) in [5.41, 5.74) is 1.39. The molecule has 1 aromatic carbocycles. The van der Waals surface area contributed by atoms with Crippen molar-refractivity contribution in [3.05, 3.63) is 60.2 Å². The molecular weight excluding hydrogens is 461 g/mol. The van der Waals surface area contributed by atoms with Gasteiger partial charge in [0.2, 0.25) is 0 Å². The van der Waals surface area contributed by atoms with Gasteiger partial charge in [0.1, 0.15) is 11.6 Å². The van der Waals surface area contributed by atoms with Gasteiger partial charge in [-0.1, -0.05) is 6.07 Å². The largest absolute Gasteiger partial charge is 0.385 e. The predicted octanol–water partition coefficient (Wildman–Crippen LogP) is 2.99. The Hall–Kier alpha value is -3.50. The number of piperidine rings is 1. The maximum Gasteiger partial charge on any atom is 0.167 e. The number of H-pyrrole nitrogens is 1. The molecule has 3 aromatic heterocycles. The van der Waals surface area contributed by atoms with Crippen molar-refractivity contribution in [3.63, 3.8) is 0 Å². The van der Waals surface area contributed by atoms with Gasteiger partial charge >= 0.3 is 0 Å². The first-order valence-electron chi connectivity index (χ1n) is 12.5. The average molecular weight is 490 g/mol. The Morgan fingerprint density at radius 3 is 2.92 bits per heavy atom.